The third kappa shape index (κ3) is 3.80. The topological polar surface area (TPSA) is 59.3 Å². The Labute approximate surface area is 168 Å². The molecule has 0 aliphatic carbocycles. The predicted molar refractivity (Wildman–Crippen MR) is 111 cm³/mol. The maximum absolute atomic E-state index is 12.8. The summed E-state index contributed by atoms with van der Waals surface area (Å²) < 4.78 is 11.2. The molecule has 0 spiro atoms. The molecule has 1 aliphatic heterocycles. The molecule has 4 heteroatoms. The Kier molecular flexibility index (Phi) is 5.22. The monoisotopic (exact) mass is 379 g/mol. The molecule has 0 radical (unpaired) electrons. The molecule has 4 nitrogen and oxygen atoms in total. The number of ether oxygens (including phenoxy) is 2. The van der Waals surface area contributed by atoms with Crippen LogP contribution in [0.3, 0.4) is 0 Å². The second-order valence-corrected chi connectivity index (χ2v) is 6.36. The highest BCUT2D eigenvalue weighted by molar-refractivity contribution is 6.31. The van der Waals surface area contributed by atoms with Crippen LogP contribution in [0, 0.1) is 11.3 Å². The van der Waals surface area contributed by atoms with E-state index < -0.39 is 5.97 Å². The number of nitriles is 1. The summed E-state index contributed by atoms with van der Waals surface area (Å²) in [6.07, 6.45) is 1.78. The minimum Gasteiger partial charge on any atom is -0.478 e. The summed E-state index contributed by atoms with van der Waals surface area (Å²) in [5.74, 6) is 0.614. The lowest BCUT2D eigenvalue weighted by Crippen LogP contribution is -1.98. The number of cyclic esters (lactones) is 1. The zero-order valence-electron chi connectivity index (χ0n) is 15.5. The molecule has 0 bridgehead atoms. The van der Waals surface area contributed by atoms with Crippen molar-refractivity contribution in [3.63, 3.8) is 0 Å². The molecule has 0 saturated carbocycles. The Morgan fingerprint density at radius 3 is 2.07 bits per heavy atom. The summed E-state index contributed by atoms with van der Waals surface area (Å²) in [6, 6.07) is 28.5. The van der Waals surface area contributed by atoms with Crippen LogP contribution in [0.1, 0.15) is 16.7 Å². The second-order valence-electron chi connectivity index (χ2n) is 6.36. The van der Waals surface area contributed by atoms with Crippen molar-refractivity contribution in [1.82, 2.24) is 0 Å². The van der Waals surface area contributed by atoms with Gasteiger partial charge in [0.1, 0.15) is 17.6 Å². The maximum atomic E-state index is 12.8. The number of esters is 1. The van der Waals surface area contributed by atoms with Crippen LogP contribution in [0.25, 0.3) is 17.2 Å². The normalized spacial score (nSPS) is 14.6. The van der Waals surface area contributed by atoms with Crippen LogP contribution in [-0.4, -0.2) is 12.6 Å². The number of allylic oxidation sites excluding steroid dienone is 1. The van der Waals surface area contributed by atoms with E-state index in [1.54, 1.807) is 12.1 Å². The summed E-state index contributed by atoms with van der Waals surface area (Å²) in [5, 5.41) is 8.82. The van der Waals surface area contributed by atoms with E-state index in [-0.39, 0.29) is 6.61 Å². The number of benzene rings is 3. The van der Waals surface area contributed by atoms with Gasteiger partial charge in [-0.2, -0.15) is 5.26 Å². The molecule has 0 aromatic heterocycles. The van der Waals surface area contributed by atoms with Crippen molar-refractivity contribution in [1.29, 1.82) is 5.26 Å². The van der Waals surface area contributed by atoms with Crippen molar-refractivity contribution in [3.8, 4) is 11.8 Å². The molecule has 1 heterocycles. The maximum Gasteiger partial charge on any atom is 0.344 e. The summed E-state index contributed by atoms with van der Waals surface area (Å²) in [7, 11) is 0. The number of hydrogen-bond donors (Lipinski definition) is 0. The first-order valence-electron chi connectivity index (χ1n) is 9.16. The molecule has 140 valence electrons. The van der Waals surface area contributed by atoms with Gasteiger partial charge in [-0.05, 0) is 23.3 Å². The molecule has 4 rings (SSSR count). The van der Waals surface area contributed by atoms with E-state index >= 15 is 0 Å². The predicted octanol–water partition coefficient (Wildman–Crippen LogP) is 5.10. The van der Waals surface area contributed by atoms with Crippen LogP contribution in [0.2, 0.25) is 0 Å². The first kappa shape index (κ1) is 18.3. The van der Waals surface area contributed by atoms with Crippen LogP contribution in [0.5, 0.6) is 5.75 Å². The van der Waals surface area contributed by atoms with Crippen LogP contribution in [0.4, 0.5) is 0 Å². The van der Waals surface area contributed by atoms with Crippen molar-refractivity contribution in [2.45, 2.75) is 0 Å². The third-order valence-electron chi connectivity index (χ3n) is 4.53. The number of carbonyl (C=O) groups is 1. The van der Waals surface area contributed by atoms with E-state index in [0.717, 1.165) is 22.3 Å². The van der Waals surface area contributed by atoms with Gasteiger partial charge in [-0.3, -0.25) is 0 Å². The van der Waals surface area contributed by atoms with Gasteiger partial charge in [-0.25, -0.2) is 4.79 Å². The lowest BCUT2D eigenvalue weighted by Gasteiger charge is -2.09. The molecule has 3 aromatic carbocycles. The number of hydrogen-bond acceptors (Lipinski definition) is 4. The highest BCUT2D eigenvalue weighted by Gasteiger charge is 2.32. The van der Waals surface area contributed by atoms with E-state index in [2.05, 4.69) is 0 Å². The van der Waals surface area contributed by atoms with Gasteiger partial charge in [0.15, 0.2) is 6.61 Å². The van der Waals surface area contributed by atoms with Crippen LogP contribution < -0.4 is 4.74 Å². The molecular weight excluding hydrogens is 362 g/mol. The average molecular weight is 379 g/mol. The molecule has 1 aliphatic rings. The molecule has 3 aromatic rings. The van der Waals surface area contributed by atoms with Gasteiger partial charge >= 0.3 is 5.97 Å². The third-order valence-corrected chi connectivity index (χ3v) is 4.53. The molecule has 0 saturated heterocycles. The van der Waals surface area contributed by atoms with E-state index in [0.29, 0.717) is 17.1 Å². The number of para-hydroxylation sites is 1. The Morgan fingerprint density at radius 2 is 1.41 bits per heavy atom. The van der Waals surface area contributed by atoms with E-state index in [9.17, 15) is 4.79 Å². The van der Waals surface area contributed by atoms with Crippen molar-refractivity contribution in [2.24, 2.45) is 0 Å². The molecular formula is C25H17NO3. The summed E-state index contributed by atoms with van der Waals surface area (Å²) in [4.78, 5) is 12.8. The lowest BCUT2D eigenvalue weighted by molar-refractivity contribution is -0.131. The van der Waals surface area contributed by atoms with Gasteiger partial charge in [0.05, 0.1) is 5.57 Å². The molecule has 0 amide bonds. The van der Waals surface area contributed by atoms with Gasteiger partial charge in [-0.15, -0.1) is 0 Å². The Balaban J connectivity index is 1.89. The zero-order valence-corrected chi connectivity index (χ0v) is 15.5. The molecule has 0 N–H and O–H groups in total. The fourth-order valence-electron chi connectivity index (χ4n) is 3.27. The first-order valence-corrected chi connectivity index (χ1v) is 9.16. The summed E-state index contributed by atoms with van der Waals surface area (Å²) >= 11 is 0. The highest BCUT2D eigenvalue weighted by Crippen LogP contribution is 2.41. The highest BCUT2D eigenvalue weighted by atomic mass is 16.5. The zero-order chi connectivity index (χ0) is 20.1. The number of nitrogens with zero attached hydrogens (tertiary/aromatic N) is 1. The van der Waals surface area contributed by atoms with Crippen LogP contribution in [-0.2, 0) is 9.53 Å². The van der Waals surface area contributed by atoms with Gasteiger partial charge in [0, 0.05) is 11.1 Å². The Bertz CT molecular complexity index is 1140. The van der Waals surface area contributed by atoms with Gasteiger partial charge < -0.3 is 9.47 Å². The number of rotatable bonds is 5. The Hall–Kier alpha value is -4.10. The minimum absolute atomic E-state index is 0.0589. The van der Waals surface area contributed by atoms with Gasteiger partial charge in [-0.1, -0.05) is 78.9 Å². The quantitative estimate of drug-likeness (QED) is 0.579. The number of carbonyl (C=O) groups excluding carboxylic acids is 1. The summed E-state index contributed by atoms with van der Waals surface area (Å²) in [6.45, 7) is -0.0589. The second kappa shape index (κ2) is 8.28. The van der Waals surface area contributed by atoms with Crippen LogP contribution in [0.15, 0.2) is 90.7 Å². The largest absolute Gasteiger partial charge is 0.478 e. The Morgan fingerprint density at radius 1 is 0.828 bits per heavy atom. The molecule has 0 unspecified atom stereocenters. The van der Waals surface area contributed by atoms with Crippen molar-refractivity contribution in [2.75, 3.05) is 6.61 Å². The minimum atomic E-state index is -0.392. The first-order chi connectivity index (χ1) is 14.3. The van der Waals surface area contributed by atoms with E-state index in [1.165, 1.54) is 0 Å². The van der Waals surface area contributed by atoms with Crippen LogP contribution >= 0.6 is 0 Å². The smallest absolute Gasteiger partial charge is 0.344 e. The van der Waals surface area contributed by atoms with Crippen molar-refractivity contribution < 1.29 is 14.3 Å². The fraction of sp³-hybridized carbons (Fsp3) is 0.0400. The molecule has 0 atom stereocenters. The SMILES string of the molecule is N#CCOc1ccccc1/C=C1\OC(=O)C(c2ccccc2)=C1c1ccccc1. The van der Waals surface area contributed by atoms with Crippen molar-refractivity contribution >= 4 is 23.2 Å². The molecule has 0 fully saturated rings. The van der Waals surface area contributed by atoms with E-state index in [1.807, 2.05) is 84.9 Å². The molecule has 29 heavy (non-hydrogen) atoms. The average Bonchev–Trinajstić information content (AvgIpc) is 3.10. The van der Waals surface area contributed by atoms with Gasteiger partial charge in [0.2, 0.25) is 0 Å². The van der Waals surface area contributed by atoms with E-state index in [4.69, 9.17) is 14.7 Å². The summed E-state index contributed by atoms with van der Waals surface area (Å²) in [5.41, 5.74) is 3.68. The standard InChI is InChI=1S/C25H17NO3/c26-15-16-28-21-14-8-7-13-20(21)17-22-23(18-9-3-1-4-10-18)24(25(27)29-22)19-11-5-2-6-12-19/h1-14,17H,16H2/b22-17-. The van der Waals surface area contributed by atoms with Crippen molar-refractivity contribution in [3.05, 3.63) is 107 Å². The van der Waals surface area contributed by atoms with Gasteiger partial charge in [0.25, 0.3) is 0 Å². The fourth-order valence-corrected chi connectivity index (χ4v) is 3.27. The lowest BCUT2D eigenvalue weighted by atomic mass is 9.94.